The van der Waals surface area contributed by atoms with Crippen molar-refractivity contribution in [2.45, 2.75) is 23.5 Å². The number of nitrogens with two attached hydrogens (primary N) is 1. The topological polar surface area (TPSA) is 64.4 Å². The molecule has 0 aliphatic rings. The van der Waals surface area contributed by atoms with E-state index in [0.717, 1.165) is 28.4 Å². The molecule has 4 nitrogen and oxygen atoms in total. The lowest BCUT2D eigenvalue weighted by Crippen LogP contribution is -2.24. The minimum atomic E-state index is -0.147. The van der Waals surface area contributed by atoms with Crippen LogP contribution in [0.15, 0.2) is 53.4 Å². The predicted octanol–water partition coefficient (Wildman–Crippen LogP) is 3.79. The van der Waals surface area contributed by atoms with E-state index in [-0.39, 0.29) is 11.2 Å². The standard InChI is InChI=1S/C17H20N2O2S/c1-3-16(22-15-10-4-12(18)5-11-15)17(20)19-13-6-8-14(21-2)9-7-13/h4-11,16H,3,18H2,1-2H3,(H,19,20)/t16-/m1/s1. The number of nitrogen functional groups attached to an aromatic ring is 1. The molecule has 2 rings (SSSR count). The van der Waals surface area contributed by atoms with Crippen LogP contribution in [0.4, 0.5) is 11.4 Å². The Morgan fingerprint density at radius 2 is 1.82 bits per heavy atom. The molecule has 116 valence electrons. The number of carbonyl (C=O) groups excluding carboxylic acids is 1. The van der Waals surface area contributed by atoms with Gasteiger partial charge in [0.25, 0.3) is 0 Å². The highest BCUT2D eigenvalue weighted by Gasteiger charge is 2.18. The summed E-state index contributed by atoms with van der Waals surface area (Å²) in [5.74, 6) is 0.760. The summed E-state index contributed by atoms with van der Waals surface area (Å²) in [5.41, 5.74) is 7.17. The second-order valence-electron chi connectivity index (χ2n) is 4.80. The van der Waals surface area contributed by atoms with Crippen LogP contribution in [0.5, 0.6) is 5.75 Å². The molecular formula is C17H20N2O2S. The molecule has 0 fully saturated rings. The summed E-state index contributed by atoms with van der Waals surface area (Å²) < 4.78 is 5.10. The van der Waals surface area contributed by atoms with Gasteiger partial charge in [0.15, 0.2) is 0 Å². The number of methoxy groups -OCH3 is 1. The maximum Gasteiger partial charge on any atom is 0.237 e. The van der Waals surface area contributed by atoms with Crippen molar-refractivity contribution in [3.05, 3.63) is 48.5 Å². The molecule has 0 aliphatic carbocycles. The van der Waals surface area contributed by atoms with Crippen LogP contribution < -0.4 is 15.8 Å². The van der Waals surface area contributed by atoms with E-state index < -0.39 is 0 Å². The minimum Gasteiger partial charge on any atom is -0.497 e. The summed E-state index contributed by atoms with van der Waals surface area (Å²) >= 11 is 1.54. The number of benzene rings is 2. The van der Waals surface area contributed by atoms with Crippen molar-refractivity contribution >= 4 is 29.0 Å². The van der Waals surface area contributed by atoms with E-state index in [0.29, 0.717) is 0 Å². The maximum atomic E-state index is 12.4. The summed E-state index contributed by atoms with van der Waals surface area (Å²) in [5, 5.41) is 2.79. The summed E-state index contributed by atoms with van der Waals surface area (Å²) in [6.07, 6.45) is 0.747. The number of hydrogen-bond acceptors (Lipinski definition) is 4. The molecule has 22 heavy (non-hydrogen) atoms. The highest BCUT2D eigenvalue weighted by molar-refractivity contribution is 8.00. The largest absolute Gasteiger partial charge is 0.497 e. The molecule has 0 radical (unpaired) electrons. The molecule has 1 atom stereocenters. The Labute approximate surface area is 135 Å². The van der Waals surface area contributed by atoms with Gasteiger partial charge in [-0.25, -0.2) is 0 Å². The van der Waals surface area contributed by atoms with E-state index >= 15 is 0 Å². The van der Waals surface area contributed by atoms with Crippen LogP contribution in [-0.2, 0) is 4.79 Å². The number of hydrogen-bond donors (Lipinski definition) is 2. The van der Waals surface area contributed by atoms with Gasteiger partial charge in [-0.15, -0.1) is 11.8 Å². The normalized spacial score (nSPS) is 11.7. The summed E-state index contributed by atoms with van der Waals surface area (Å²) in [6.45, 7) is 2.00. The summed E-state index contributed by atoms with van der Waals surface area (Å²) in [7, 11) is 1.62. The van der Waals surface area contributed by atoms with Crippen molar-refractivity contribution in [1.29, 1.82) is 0 Å². The third kappa shape index (κ3) is 4.43. The van der Waals surface area contributed by atoms with Gasteiger partial charge in [-0.1, -0.05) is 6.92 Å². The van der Waals surface area contributed by atoms with Crippen LogP contribution in [-0.4, -0.2) is 18.3 Å². The Bertz CT molecular complexity index is 612. The van der Waals surface area contributed by atoms with E-state index in [9.17, 15) is 4.79 Å². The third-order valence-electron chi connectivity index (χ3n) is 3.18. The van der Waals surface area contributed by atoms with Crippen LogP contribution in [0.2, 0.25) is 0 Å². The fourth-order valence-electron chi connectivity index (χ4n) is 1.93. The molecule has 0 bridgehead atoms. The number of anilines is 2. The number of thioether (sulfide) groups is 1. The van der Waals surface area contributed by atoms with Crippen molar-refractivity contribution < 1.29 is 9.53 Å². The molecule has 0 aromatic heterocycles. The van der Waals surface area contributed by atoms with Gasteiger partial charge in [-0.05, 0) is 55.0 Å². The predicted molar refractivity (Wildman–Crippen MR) is 92.4 cm³/mol. The lowest BCUT2D eigenvalue weighted by molar-refractivity contribution is -0.115. The van der Waals surface area contributed by atoms with E-state index in [1.54, 1.807) is 18.9 Å². The second-order valence-corrected chi connectivity index (χ2v) is 6.08. The number of carbonyl (C=O) groups is 1. The molecule has 3 N–H and O–H groups in total. The van der Waals surface area contributed by atoms with Gasteiger partial charge >= 0.3 is 0 Å². The van der Waals surface area contributed by atoms with Crippen LogP contribution in [0, 0.1) is 0 Å². The fourth-order valence-corrected chi connectivity index (χ4v) is 2.88. The fraction of sp³-hybridized carbons (Fsp3) is 0.235. The molecule has 2 aromatic rings. The second kappa shape index (κ2) is 7.75. The van der Waals surface area contributed by atoms with Gasteiger partial charge in [-0.3, -0.25) is 4.79 Å². The molecule has 0 saturated heterocycles. The van der Waals surface area contributed by atoms with Crippen molar-refractivity contribution in [1.82, 2.24) is 0 Å². The SMILES string of the molecule is CC[C@@H](Sc1ccc(N)cc1)C(=O)Nc1ccc(OC)cc1. The van der Waals surface area contributed by atoms with Gasteiger partial charge in [0, 0.05) is 16.3 Å². The van der Waals surface area contributed by atoms with Crippen LogP contribution in [0.1, 0.15) is 13.3 Å². The van der Waals surface area contributed by atoms with Crippen LogP contribution in [0.3, 0.4) is 0 Å². The van der Waals surface area contributed by atoms with E-state index in [4.69, 9.17) is 10.5 Å². The molecule has 0 unspecified atom stereocenters. The molecule has 5 heteroatoms. The Hall–Kier alpha value is -2.14. The van der Waals surface area contributed by atoms with Crippen LogP contribution in [0.25, 0.3) is 0 Å². The zero-order valence-corrected chi connectivity index (χ0v) is 13.5. The molecule has 2 aromatic carbocycles. The minimum absolute atomic E-state index is 0.00510. The first-order valence-electron chi connectivity index (χ1n) is 7.09. The van der Waals surface area contributed by atoms with Gasteiger partial charge in [0.05, 0.1) is 12.4 Å². The van der Waals surface area contributed by atoms with E-state index in [1.165, 1.54) is 0 Å². The van der Waals surface area contributed by atoms with Crippen molar-refractivity contribution in [3.8, 4) is 5.75 Å². The Morgan fingerprint density at radius 3 is 2.36 bits per heavy atom. The first kappa shape index (κ1) is 16.2. The Kier molecular flexibility index (Phi) is 5.72. The third-order valence-corrected chi connectivity index (χ3v) is 4.56. The monoisotopic (exact) mass is 316 g/mol. The lowest BCUT2D eigenvalue weighted by atomic mass is 10.2. The zero-order valence-electron chi connectivity index (χ0n) is 12.7. The highest BCUT2D eigenvalue weighted by atomic mass is 32.2. The number of rotatable bonds is 6. The number of amides is 1. The lowest BCUT2D eigenvalue weighted by Gasteiger charge is -2.15. The van der Waals surface area contributed by atoms with Crippen molar-refractivity contribution in [2.75, 3.05) is 18.2 Å². The summed E-state index contributed by atoms with van der Waals surface area (Å²) in [4.78, 5) is 13.4. The van der Waals surface area contributed by atoms with Gasteiger partial charge in [0.1, 0.15) is 5.75 Å². The number of nitrogens with one attached hydrogen (secondary N) is 1. The van der Waals surface area contributed by atoms with Crippen molar-refractivity contribution in [3.63, 3.8) is 0 Å². The van der Waals surface area contributed by atoms with Gasteiger partial charge in [0.2, 0.25) is 5.91 Å². The van der Waals surface area contributed by atoms with Crippen molar-refractivity contribution in [2.24, 2.45) is 0 Å². The molecule has 1 amide bonds. The highest BCUT2D eigenvalue weighted by Crippen LogP contribution is 2.27. The molecular weight excluding hydrogens is 296 g/mol. The Balaban J connectivity index is 1.99. The quantitative estimate of drug-likeness (QED) is 0.629. The van der Waals surface area contributed by atoms with Crippen LogP contribution >= 0.6 is 11.8 Å². The summed E-state index contributed by atoms with van der Waals surface area (Å²) in [6, 6.07) is 14.9. The number of ether oxygens (including phenoxy) is 1. The molecule has 0 saturated carbocycles. The first-order chi connectivity index (χ1) is 10.6. The van der Waals surface area contributed by atoms with Gasteiger partial charge < -0.3 is 15.8 Å². The molecule has 0 heterocycles. The van der Waals surface area contributed by atoms with E-state index in [2.05, 4.69) is 5.32 Å². The molecule has 0 spiro atoms. The first-order valence-corrected chi connectivity index (χ1v) is 7.97. The average Bonchev–Trinajstić information content (AvgIpc) is 2.55. The average molecular weight is 316 g/mol. The Morgan fingerprint density at radius 1 is 1.18 bits per heavy atom. The molecule has 0 aliphatic heterocycles. The van der Waals surface area contributed by atoms with Gasteiger partial charge in [-0.2, -0.15) is 0 Å². The maximum absolute atomic E-state index is 12.4. The zero-order chi connectivity index (χ0) is 15.9. The smallest absolute Gasteiger partial charge is 0.237 e. The van der Waals surface area contributed by atoms with E-state index in [1.807, 2.05) is 55.5 Å².